The van der Waals surface area contributed by atoms with Crippen LogP contribution in [-0.2, 0) is 20.2 Å². The van der Waals surface area contributed by atoms with Gasteiger partial charge in [0, 0.05) is 11.1 Å². The third-order valence-corrected chi connectivity index (χ3v) is 9.72. The molecular formula is C34H22Cl2N8O10S2. The molecule has 0 radical (unpaired) electrons. The van der Waals surface area contributed by atoms with Gasteiger partial charge in [-0.2, -0.15) is 46.7 Å². The van der Waals surface area contributed by atoms with Gasteiger partial charge in [-0.3, -0.25) is 9.11 Å². The molecule has 6 rings (SSSR count). The molecule has 0 amide bonds. The molecule has 18 nitrogen and oxygen atoms in total. The van der Waals surface area contributed by atoms with Crippen LogP contribution in [0.1, 0.15) is 31.8 Å². The van der Waals surface area contributed by atoms with Gasteiger partial charge in [-0.15, -0.1) is 0 Å². The van der Waals surface area contributed by atoms with Gasteiger partial charge in [0.05, 0.1) is 22.5 Å². The molecule has 0 spiro atoms. The summed E-state index contributed by atoms with van der Waals surface area (Å²) < 4.78 is 70.5. The number of nitrogens with zero attached hydrogens (tertiary/aromatic N) is 6. The lowest BCUT2D eigenvalue weighted by molar-refractivity contribution is 0.0687. The van der Waals surface area contributed by atoms with Gasteiger partial charge in [0.15, 0.2) is 11.6 Å². The number of rotatable bonds is 12. The van der Waals surface area contributed by atoms with Gasteiger partial charge in [0.25, 0.3) is 20.2 Å². The fraction of sp³-hybridized carbons (Fsp3) is 0. The van der Waals surface area contributed by atoms with Crippen molar-refractivity contribution in [1.29, 1.82) is 0 Å². The zero-order chi connectivity index (χ0) is 40.4. The summed E-state index contributed by atoms with van der Waals surface area (Å²) in [6, 6.07) is 19.1. The maximum Gasteiger partial charge on any atom is 0.337 e. The number of carboxylic acids is 2. The van der Waals surface area contributed by atoms with Gasteiger partial charge in [0.1, 0.15) is 9.79 Å². The van der Waals surface area contributed by atoms with Crippen molar-refractivity contribution >= 4 is 90.8 Å². The standard InChI is InChI=1S/C34H22Cl2N8O10S2/c35-31-39-27(41-33(43-31)37-23-7-3-1-5-21(23)29(45)46)19-13-11-17(25(15-19)55(49,50)51)9-10-18-12-14-20(16-26(18)56(52,53)54)28-40-32(36)44-34(42-28)38-24-8-4-2-6-22(24)30(47)48/h1-16H,(H,45,46)(H,47,48)(H,49,50,51)(H,52,53,54)(H,37,39,41,43)(H,38,40,42,44)/b10-9+. The first kappa shape index (κ1) is 39.3. The molecule has 4 aromatic carbocycles. The lowest BCUT2D eigenvalue weighted by Gasteiger charge is -2.11. The molecule has 284 valence electrons. The predicted octanol–water partition coefficient (Wildman–Crippen LogP) is 6.24. The summed E-state index contributed by atoms with van der Waals surface area (Å²) >= 11 is 12.2. The smallest absolute Gasteiger partial charge is 0.337 e. The highest BCUT2D eigenvalue weighted by molar-refractivity contribution is 7.86. The highest BCUT2D eigenvalue weighted by Crippen LogP contribution is 2.30. The van der Waals surface area contributed by atoms with Gasteiger partial charge in [-0.05, 0) is 70.7 Å². The first-order chi connectivity index (χ1) is 26.5. The number of carboxylic acid groups (broad SMARTS) is 2. The molecule has 6 aromatic rings. The van der Waals surface area contributed by atoms with Gasteiger partial charge in [0.2, 0.25) is 22.5 Å². The first-order valence-electron chi connectivity index (χ1n) is 15.4. The summed E-state index contributed by atoms with van der Waals surface area (Å²) in [4.78, 5) is 46.3. The Bertz CT molecular complexity index is 2640. The lowest BCUT2D eigenvalue weighted by atomic mass is 10.1. The zero-order valence-electron chi connectivity index (χ0n) is 27.7. The van der Waals surface area contributed by atoms with Gasteiger partial charge in [-0.25, -0.2) is 9.59 Å². The molecule has 0 aliphatic rings. The Morgan fingerprint density at radius 1 is 0.554 bits per heavy atom. The largest absolute Gasteiger partial charge is 0.478 e. The van der Waals surface area contributed by atoms with Crippen molar-refractivity contribution < 1.29 is 45.7 Å². The molecule has 2 heterocycles. The highest BCUT2D eigenvalue weighted by atomic mass is 35.5. The topological polar surface area (TPSA) is 285 Å². The predicted molar refractivity (Wildman–Crippen MR) is 202 cm³/mol. The van der Waals surface area contributed by atoms with Crippen LogP contribution in [0.25, 0.3) is 34.9 Å². The zero-order valence-corrected chi connectivity index (χ0v) is 30.9. The fourth-order valence-electron chi connectivity index (χ4n) is 5.12. The molecule has 0 atom stereocenters. The molecule has 6 N–H and O–H groups in total. The van der Waals surface area contributed by atoms with Crippen LogP contribution >= 0.6 is 23.2 Å². The molecule has 0 fully saturated rings. The number of benzene rings is 4. The van der Waals surface area contributed by atoms with Crippen molar-refractivity contribution in [2.45, 2.75) is 9.79 Å². The maximum atomic E-state index is 12.5. The van der Waals surface area contributed by atoms with E-state index in [1.807, 2.05) is 0 Å². The van der Waals surface area contributed by atoms with Crippen LogP contribution in [0.5, 0.6) is 0 Å². The van der Waals surface area contributed by atoms with E-state index in [9.17, 15) is 45.7 Å². The van der Waals surface area contributed by atoms with E-state index < -0.39 is 42.0 Å². The van der Waals surface area contributed by atoms with Gasteiger partial charge < -0.3 is 20.8 Å². The van der Waals surface area contributed by atoms with Crippen molar-refractivity contribution in [3.8, 4) is 22.8 Å². The van der Waals surface area contributed by atoms with E-state index in [1.54, 1.807) is 12.1 Å². The number of carbonyl (C=O) groups is 2. The van der Waals surface area contributed by atoms with E-state index in [4.69, 9.17) is 23.2 Å². The summed E-state index contributed by atoms with van der Waals surface area (Å²) in [6.07, 6.45) is 2.32. The van der Waals surface area contributed by atoms with E-state index in [0.717, 1.165) is 24.3 Å². The van der Waals surface area contributed by atoms with Crippen molar-refractivity contribution in [3.05, 3.63) is 118 Å². The lowest BCUT2D eigenvalue weighted by Crippen LogP contribution is -2.07. The van der Waals surface area contributed by atoms with Gasteiger partial charge >= 0.3 is 11.9 Å². The van der Waals surface area contributed by atoms with Crippen LogP contribution < -0.4 is 10.6 Å². The minimum Gasteiger partial charge on any atom is -0.478 e. The minimum absolute atomic E-state index is 0.0351. The second-order valence-corrected chi connectivity index (χ2v) is 14.7. The Hall–Kier alpha value is -6.42. The van der Waals surface area contributed by atoms with E-state index in [0.29, 0.717) is 0 Å². The maximum absolute atomic E-state index is 12.5. The molecular weight excluding hydrogens is 815 g/mol. The number of aromatic carboxylic acids is 2. The summed E-state index contributed by atoms with van der Waals surface area (Å²) in [5, 5.41) is 23.8. The van der Waals surface area contributed by atoms with Crippen molar-refractivity contribution in [3.63, 3.8) is 0 Å². The molecule has 0 saturated heterocycles. The van der Waals surface area contributed by atoms with Crippen LogP contribution in [0.3, 0.4) is 0 Å². The molecule has 22 heteroatoms. The van der Waals surface area contributed by atoms with E-state index >= 15 is 0 Å². The molecule has 0 aliphatic carbocycles. The Morgan fingerprint density at radius 2 is 0.929 bits per heavy atom. The second-order valence-electron chi connectivity index (χ2n) is 11.2. The number of aromatic nitrogens is 6. The summed E-state index contributed by atoms with van der Waals surface area (Å²) in [5.41, 5.74) is -0.124. The van der Waals surface area contributed by atoms with Crippen LogP contribution in [0.15, 0.2) is 94.7 Å². The van der Waals surface area contributed by atoms with E-state index in [2.05, 4.69) is 40.5 Å². The van der Waals surface area contributed by atoms with Crippen molar-refractivity contribution in [2.24, 2.45) is 0 Å². The normalized spacial score (nSPS) is 11.7. The Balaban J connectivity index is 1.34. The summed E-state index contributed by atoms with van der Waals surface area (Å²) in [5.74, 6) is -3.13. The summed E-state index contributed by atoms with van der Waals surface area (Å²) in [6.45, 7) is 0. The van der Waals surface area contributed by atoms with Crippen LogP contribution in [0.4, 0.5) is 23.3 Å². The minimum atomic E-state index is -4.95. The average Bonchev–Trinajstić information content (AvgIpc) is 3.13. The summed E-state index contributed by atoms with van der Waals surface area (Å²) in [7, 11) is -9.90. The highest BCUT2D eigenvalue weighted by Gasteiger charge is 2.21. The number of hydrogen-bond acceptors (Lipinski definition) is 14. The molecule has 0 saturated carbocycles. The fourth-order valence-corrected chi connectivity index (χ4v) is 6.86. The molecule has 0 bridgehead atoms. The van der Waals surface area contributed by atoms with E-state index in [-0.39, 0.29) is 78.9 Å². The molecule has 2 aromatic heterocycles. The van der Waals surface area contributed by atoms with E-state index in [1.165, 1.54) is 60.7 Å². The third-order valence-electron chi connectivity index (χ3n) is 7.57. The number of anilines is 4. The Kier molecular flexibility index (Phi) is 11.0. The van der Waals surface area contributed by atoms with Crippen LogP contribution in [0, 0.1) is 0 Å². The Morgan fingerprint density at radius 3 is 1.29 bits per heavy atom. The first-order valence-corrected chi connectivity index (χ1v) is 19.0. The van der Waals surface area contributed by atoms with Gasteiger partial charge in [-0.1, -0.05) is 60.7 Å². The van der Waals surface area contributed by atoms with Crippen molar-refractivity contribution in [2.75, 3.05) is 10.6 Å². The number of hydrogen-bond donors (Lipinski definition) is 6. The second kappa shape index (κ2) is 15.7. The van der Waals surface area contributed by atoms with Crippen molar-refractivity contribution in [1.82, 2.24) is 29.9 Å². The number of nitrogens with one attached hydrogen (secondary N) is 2. The molecule has 0 aliphatic heterocycles. The van der Waals surface area contributed by atoms with Crippen LogP contribution in [0.2, 0.25) is 10.6 Å². The third kappa shape index (κ3) is 9.09. The quantitative estimate of drug-likeness (QED) is 0.0587. The number of para-hydroxylation sites is 2. The average molecular weight is 838 g/mol. The number of halogens is 2. The molecule has 56 heavy (non-hydrogen) atoms. The van der Waals surface area contributed by atoms with Crippen LogP contribution in [-0.4, -0.2) is 78.0 Å². The molecule has 0 unspecified atom stereocenters. The monoisotopic (exact) mass is 836 g/mol. The Labute approximate surface area is 326 Å². The SMILES string of the molecule is O=C(O)c1ccccc1Nc1nc(Cl)nc(-c2ccc(/C=C/c3ccc(-c4nc(Cl)nc(Nc5ccccc5C(=O)O)n4)cc3S(=O)(=O)O)c(S(=O)(=O)O)c2)n1.